The van der Waals surface area contributed by atoms with Crippen LogP contribution in [0.3, 0.4) is 0 Å². The van der Waals surface area contributed by atoms with E-state index in [0.717, 1.165) is 29.1 Å². The lowest BCUT2D eigenvalue weighted by molar-refractivity contribution is 0.856. The van der Waals surface area contributed by atoms with Crippen LogP contribution >= 0.6 is 23.3 Å². The second-order valence-electron chi connectivity index (χ2n) is 4.27. The van der Waals surface area contributed by atoms with Gasteiger partial charge in [-0.05, 0) is 41.9 Å². The first-order valence-electron chi connectivity index (χ1n) is 6.14. The number of aromatic nitrogens is 2. The molecule has 102 valence electrons. The average Bonchev–Trinajstić information content (AvgIpc) is 2.80. The summed E-state index contributed by atoms with van der Waals surface area (Å²) >= 11 is 3.30. The summed E-state index contributed by atoms with van der Waals surface area (Å²) in [6.07, 6.45) is 6.80. The van der Waals surface area contributed by atoms with Crippen molar-refractivity contribution in [2.45, 2.75) is 18.6 Å². The standard InChI is InChI=1S/C13H18N4S2/c1-9(18-2)3-8-16-13-11(12(14)17-19-13)10-4-6-15-7-5-10/h4-7,9,16H,3,8H2,1-2H3,(H2,14,17). The van der Waals surface area contributed by atoms with Crippen LogP contribution in [0, 0.1) is 0 Å². The Bertz CT molecular complexity index is 513. The molecular weight excluding hydrogens is 276 g/mol. The maximum Gasteiger partial charge on any atom is 0.147 e. The molecule has 0 saturated heterocycles. The van der Waals surface area contributed by atoms with Crippen molar-refractivity contribution >= 4 is 34.1 Å². The highest BCUT2D eigenvalue weighted by molar-refractivity contribution is 7.99. The van der Waals surface area contributed by atoms with E-state index in [2.05, 4.69) is 27.9 Å². The molecule has 19 heavy (non-hydrogen) atoms. The van der Waals surface area contributed by atoms with Crippen molar-refractivity contribution in [2.75, 3.05) is 23.9 Å². The Hall–Kier alpha value is -1.27. The topological polar surface area (TPSA) is 63.8 Å². The molecule has 1 unspecified atom stereocenters. The van der Waals surface area contributed by atoms with Gasteiger partial charge in [0.15, 0.2) is 0 Å². The molecule has 6 heteroatoms. The molecule has 4 nitrogen and oxygen atoms in total. The smallest absolute Gasteiger partial charge is 0.147 e. The van der Waals surface area contributed by atoms with Crippen molar-refractivity contribution in [1.82, 2.24) is 9.36 Å². The van der Waals surface area contributed by atoms with Gasteiger partial charge in [0, 0.05) is 24.2 Å². The summed E-state index contributed by atoms with van der Waals surface area (Å²) in [5, 5.41) is 5.13. The quantitative estimate of drug-likeness (QED) is 0.855. The van der Waals surface area contributed by atoms with Crippen molar-refractivity contribution in [1.29, 1.82) is 0 Å². The molecule has 2 aromatic rings. The molecular formula is C13H18N4S2. The molecule has 0 aliphatic carbocycles. The van der Waals surface area contributed by atoms with Gasteiger partial charge >= 0.3 is 0 Å². The van der Waals surface area contributed by atoms with Crippen molar-refractivity contribution in [3.8, 4) is 11.1 Å². The zero-order chi connectivity index (χ0) is 13.7. The number of hydrogen-bond acceptors (Lipinski definition) is 6. The summed E-state index contributed by atoms with van der Waals surface area (Å²) in [6, 6.07) is 3.91. The van der Waals surface area contributed by atoms with Crippen LogP contribution in [0.2, 0.25) is 0 Å². The predicted molar refractivity (Wildman–Crippen MR) is 85.8 cm³/mol. The van der Waals surface area contributed by atoms with Gasteiger partial charge in [-0.2, -0.15) is 16.1 Å². The Balaban J connectivity index is 2.10. The number of thioether (sulfide) groups is 1. The first-order valence-corrected chi connectivity index (χ1v) is 8.20. The molecule has 0 radical (unpaired) electrons. The van der Waals surface area contributed by atoms with Gasteiger partial charge in [-0.1, -0.05) is 6.92 Å². The van der Waals surface area contributed by atoms with Crippen LogP contribution in [-0.2, 0) is 0 Å². The number of pyridine rings is 1. The summed E-state index contributed by atoms with van der Waals surface area (Å²) < 4.78 is 4.24. The fourth-order valence-electron chi connectivity index (χ4n) is 1.73. The van der Waals surface area contributed by atoms with Crippen LogP contribution in [0.4, 0.5) is 10.8 Å². The second-order valence-corrected chi connectivity index (χ2v) is 6.32. The zero-order valence-corrected chi connectivity index (χ0v) is 12.7. The molecule has 0 fully saturated rings. The Morgan fingerprint density at radius 2 is 2.16 bits per heavy atom. The van der Waals surface area contributed by atoms with Gasteiger partial charge < -0.3 is 11.1 Å². The van der Waals surface area contributed by atoms with Crippen LogP contribution in [0.5, 0.6) is 0 Å². The maximum absolute atomic E-state index is 5.97. The highest BCUT2D eigenvalue weighted by atomic mass is 32.2. The molecule has 0 bridgehead atoms. The minimum atomic E-state index is 0.580. The number of hydrogen-bond donors (Lipinski definition) is 2. The van der Waals surface area contributed by atoms with Gasteiger partial charge in [0.05, 0.1) is 5.56 Å². The van der Waals surface area contributed by atoms with Crippen molar-refractivity contribution in [2.24, 2.45) is 0 Å². The van der Waals surface area contributed by atoms with E-state index in [9.17, 15) is 0 Å². The van der Waals surface area contributed by atoms with Crippen molar-refractivity contribution in [3.05, 3.63) is 24.5 Å². The Kier molecular flexibility index (Phi) is 5.04. The molecule has 1 atom stereocenters. The van der Waals surface area contributed by atoms with E-state index in [0.29, 0.717) is 11.1 Å². The monoisotopic (exact) mass is 294 g/mol. The van der Waals surface area contributed by atoms with E-state index in [1.807, 2.05) is 23.9 Å². The molecule has 2 aromatic heterocycles. The summed E-state index contributed by atoms with van der Waals surface area (Å²) in [5.41, 5.74) is 8.01. The van der Waals surface area contributed by atoms with E-state index in [-0.39, 0.29) is 0 Å². The third-order valence-corrected chi connectivity index (χ3v) is 4.79. The van der Waals surface area contributed by atoms with Gasteiger partial charge in [-0.3, -0.25) is 4.98 Å². The normalized spacial score (nSPS) is 12.3. The van der Waals surface area contributed by atoms with Gasteiger partial charge in [0.1, 0.15) is 10.8 Å². The third kappa shape index (κ3) is 3.61. The molecule has 0 spiro atoms. The molecule has 0 aliphatic heterocycles. The maximum atomic E-state index is 5.97. The number of nitrogens with one attached hydrogen (secondary N) is 1. The summed E-state index contributed by atoms with van der Waals surface area (Å²) in [5.74, 6) is 0.580. The van der Waals surface area contributed by atoms with E-state index >= 15 is 0 Å². The lowest BCUT2D eigenvalue weighted by atomic mass is 10.1. The van der Waals surface area contributed by atoms with Gasteiger partial charge in [-0.25, -0.2) is 0 Å². The van der Waals surface area contributed by atoms with E-state index in [1.165, 1.54) is 11.5 Å². The molecule has 2 rings (SSSR count). The third-order valence-electron chi connectivity index (χ3n) is 2.93. The molecule has 0 amide bonds. The van der Waals surface area contributed by atoms with Crippen molar-refractivity contribution < 1.29 is 0 Å². The second kappa shape index (κ2) is 6.77. The zero-order valence-electron chi connectivity index (χ0n) is 11.1. The largest absolute Gasteiger partial charge is 0.382 e. The first-order chi connectivity index (χ1) is 9.22. The summed E-state index contributed by atoms with van der Waals surface area (Å²) in [4.78, 5) is 4.03. The molecule has 0 aromatic carbocycles. The SMILES string of the molecule is CSC(C)CCNc1snc(N)c1-c1ccncc1. The van der Waals surface area contributed by atoms with Gasteiger partial charge in [-0.15, -0.1) is 0 Å². The van der Waals surface area contributed by atoms with Crippen LogP contribution in [-0.4, -0.2) is 27.4 Å². The Morgan fingerprint density at radius 3 is 2.84 bits per heavy atom. The van der Waals surface area contributed by atoms with Crippen molar-refractivity contribution in [3.63, 3.8) is 0 Å². The highest BCUT2D eigenvalue weighted by Crippen LogP contribution is 2.36. The minimum Gasteiger partial charge on any atom is -0.382 e. The van der Waals surface area contributed by atoms with E-state index in [4.69, 9.17) is 5.73 Å². The average molecular weight is 294 g/mol. The number of nitrogen functional groups attached to an aromatic ring is 1. The fraction of sp³-hybridized carbons (Fsp3) is 0.385. The number of nitrogens with two attached hydrogens (primary N) is 1. The predicted octanol–water partition coefficient (Wildman–Crippen LogP) is 3.34. The molecule has 0 aliphatic rings. The summed E-state index contributed by atoms with van der Waals surface area (Å²) in [7, 11) is 0. The molecule has 2 heterocycles. The van der Waals surface area contributed by atoms with Crippen LogP contribution < -0.4 is 11.1 Å². The van der Waals surface area contributed by atoms with Crippen LogP contribution in [0.1, 0.15) is 13.3 Å². The molecule has 3 N–H and O–H groups in total. The minimum absolute atomic E-state index is 0.580. The first kappa shape index (κ1) is 14.1. The molecule has 0 saturated carbocycles. The van der Waals surface area contributed by atoms with Crippen LogP contribution in [0.25, 0.3) is 11.1 Å². The highest BCUT2D eigenvalue weighted by Gasteiger charge is 2.13. The van der Waals surface area contributed by atoms with Gasteiger partial charge in [0.25, 0.3) is 0 Å². The lowest BCUT2D eigenvalue weighted by Gasteiger charge is -2.10. The number of anilines is 2. The Morgan fingerprint density at radius 1 is 1.42 bits per heavy atom. The van der Waals surface area contributed by atoms with Crippen LogP contribution in [0.15, 0.2) is 24.5 Å². The summed E-state index contributed by atoms with van der Waals surface area (Å²) in [6.45, 7) is 3.17. The lowest BCUT2D eigenvalue weighted by Crippen LogP contribution is -2.07. The Labute approximate surface area is 122 Å². The number of rotatable bonds is 6. The van der Waals surface area contributed by atoms with E-state index in [1.54, 1.807) is 12.4 Å². The fourth-order valence-corrected chi connectivity index (χ4v) is 2.84. The van der Waals surface area contributed by atoms with E-state index < -0.39 is 0 Å². The van der Waals surface area contributed by atoms with Gasteiger partial charge in [0.2, 0.25) is 0 Å². The number of nitrogens with zero attached hydrogens (tertiary/aromatic N) is 2.